The molecule has 4 nitrogen and oxygen atoms in total. The summed E-state index contributed by atoms with van der Waals surface area (Å²) in [5, 5.41) is 0. The van der Waals surface area contributed by atoms with Gasteiger partial charge in [0.05, 0.1) is 11.8 Å². The molecule has 1 N–H and O–H groups in total. The highest BCUT2D eigenvalue weighted by Gasteiger charge is 2.32. The lowest BCUT2D eigenvalue weighted by atomic mass is 9.85. The minimum absolute atomic E-state index is 0.0161. The first-order valence-electron chi connectivity index (χ1n) is 7.87. The maximum atomic E-state index is 14.4. The van der Waals surface area contributed by atoms with E-state index in [1.165, 1.54) is 12.4 Å². The smallest absolute Gasteiger partial charge is 0.264 e. The molecule has 2 aromatic rings. The Labute approximate surface area is 148 Å². The van der Waals surface area contributed by atoms with E-state index in [-0.39, 0.29) is 5.56 Å². The van der Waals surface area contributed by atoms with E-state index < -0.39 is 33.6 Å². The van der Waals surface area contributed by atoms with Crippen LogP contribution in [-0.4, -0.2) is 19.7 Å². The Morgan fingerprint density at radius 2 is 1.92 bits per heavy atom. The number of nitrogens with zero attached hydrogens (tertiary/aromatic N) is 1. The number of pyridine rings is 1. The molecule has 0 saturated carbocycles. The lowest BCUT2D eigenvalue weighted by molar-refractivity contribution is -0.137. The van der Waals surface area contributed by atoms with E-state index >= 15 is 0 Å². The van der Waals surface area contributed by atoms with Crippen molar-refractivity contribution in [1.82, 2.24) is 9.71 Å². The van der Waals surface area contributed by atoms with Gasteiger partial charge in [0.1, 0.15) is 5.82 Å². The highest BCUT2D eigenvalue weighted by atomic mass is 32.2. The summed E-state index contributed by atoms with van der Waals surface area (Å²) in [7, 11) is -3.45. The van der Waals surface area contributed by atoms with Crippen molar-refractivity contribution < 1.29 is 26.0 Å². The van der Waals surface area contributed by atoms with Gasteiger partial charge in [0.2, 0.25) is 10.0 Å². The van der Waals surface area contributed by atoms with Crippen LogP contribution in [0.1, 0.15) is 35.6 Å². The van der Waals surface area contributed by atoms with E-state index in [1.807, 2.05) is 0 Å². The molecule has 0 radical (unpaired) electrons. The third-order valence-electron chi connectivity index (χ3n) is 4.33. The molecule has 0 amide bonds. The van der Waals surface area contributed by atoms with Gasteiger partial charge in [-0.1, -0.05) is 6.07 Å². The molecule has 0 aliphatic heterocycles. The van der Waals surface area contributed by atoms with Gasteiger partial charge in [-0.05, 0) is 42.5 Å². The van der Waals surface area contributed by atoms with Crippen molar-refractivity contribution in [2.45, 2.75) is 31.5 Å². The molecule has 0 bridgehead atoms. The monoisotopic (exact) mass is 388 g/mol. The number of fused-ring (bicyclic) bond motifs is 1. The van der Waals surface area contributed by atoms with Crippen LogP contribution < -0.4 is 4.72 Å². The van der Waals surface area contributed by atoms with Crippen molar-refractivity contribution in [1.29, 1.82) is 0 Å². The Bertz CT molecular complexity index is 942. The second kappa shape index (κ2) is 6.62. The molecule has 9 heteroatoms. The van der Waals surface area contributed by atoms with Gasteiger partial charge >= 0.3 is 6.18 Å². The third-order valence-corrected chi connectivity index (χ3v) is 5.04. The Morgan fingerprint density at radius 3 is 2.54 bits per heavy atom. The van der Waals surface area contributed by atoms with E-state index in [9.17, 15) is 26.0 Å². The SMILES string of the molecule is CS(=O)(=O)NC1CCCc2c(-c3ccc(C(F)(F)F)cc3F)cncc21. The van der Waals surface area contributed by atoms with E-state index in [0.29, 0.717) is 42.0 Å². The minimum Gasteiger partial charge on any atom is -0.264 e. The Balaban J connectivity index is 2.07. The molecule has 3 rings (SSSR count). The fourth-order valence-corrected chi connectivity index (χ4v) is 4.01. The first-order valence-corrected chi connectivity index (χ1v) is 9.76. The Hall–Kier alpha value is -2.00. The van der Waals surface area contributed by atoms with Crippen molar-refractivity contribution >= 4 is 10.0 Å². The molecule has 1 heterocycles. The molecular formula is C17H16F4N2O2S. The molecule has 140 valence electrons. The largest absolute Gasteiger partial charge is 0.416 e. The second-order valence-electron chi connectivity index (χ2n) is 6.28. The highest BCUT2D eigenvalue weighted by Crippen LogP contribution is 2.38. The van der Waals surface area contributed by atoms with Crippen molar-refractivity contribution in [3.05, 3.63) is 53.1 Å². The fourth-order valence-electron chi connectivity index (χ4n) is 3.24. The molecule has 0 fully saturated rings. The van der Waals surface area contributed by atoms with E-state index in [1.54, 1.807) is 0 Å². The van der Waals surface area contributed by atoms with Crippen molar-refractivity contribution in [2.75, 3.05) is 6.26 Å². The molecule has 1 aliphatic rings. The van der Waals surface area contributed by atoms with Crippen molar-refractivity contribution in [3.63, 3.8) is 0 Å². The average molecular weight is 388 g/mol. The van der Waals surface area contributed by atoms with Gasteiger partial charge in [0.15, 0.2) is 0 Å². The lowest BCUT2D eigenvalue weighted by Crippen LogP contribution is -2.30. The number of aromatic nitrogens is 1. The molecule has 1 aliphatic carbocycles. The van der Waals surface area contributed by atoms with Gasteiger partial charge in [0.25, 0.3) is 0 Å². The quantitative estimate of drug-likeness (QED) is 0.813. The number of rotatable bonds is 3. The molecule has 1 atom stereocenters. The Kier molecular flexibility index (Phi) is 4.78. The van der Waals surface area contributed by atoms with Crippen LogP contribution in [0.5, 0.6) is 0 Å². The summed E-state index contributed by atoms with van der Waals surface area (Å²) in [6.07, 6.45) is 1.14. The molecule has 26 heavy (non-hydrogen) atoms. The van der Waals surface area contributed by atoms with E-state index in [0.717, 1.165) is 18.4 Å². The number of hydrogen-bond donors (Lipinski definition) is 1. The van der Waals surface area contributed by atoms with E-state index in [4.69, 9.17) is 0 Å². The van der Waals surface area contributed by atoms with Crippen LogP contribution in [0, 0.1) is 5.82 Å². The zero-order valence-electron chi connectivity index (χ0n) is 13.8. The Morgan fingerprint density at radius 1 is 1.19 bits per heavy atom. The molecular weight excluding hydrogens is 372 g/mol. The van der Waals surface area contributed by atoms with Gasteiger partial charge in [-0.2, -0.15) is 13.2 Å². The summed E-state index contributed by atoms with van der Waals surface area (Å²) in [6, 6.07) is 1.89. The van der Waals surface area contributed by atoms with Gasteiger partial charge in [-0.15, -0.1) is 0 Å². The number of hydrogen-bond acceptors (Lipinski definition) is 3. The number of alkyl halides is 3. The normalized spacial score (nSPS) is 17.8. The molecule has 1 aromatic carbocycles. The minimum atomic E-state index is -4.63. The maximum absolute atomic E-state index is 14.4. The van der Waals surface area contributed by atoms with Gasteiger partial charge < -0.3 is 0 Å². The highest BCUT2D eigenvalue weighted by molar-refractivity contribution is 7.88. The van der Waals surface area contributed by atoms with Crippen LogP contribution in [0.4, 0.5) is 17.6 Å². The van der Waals surface area contributed by atoms with Gasteiger partial charge in [-0.3, -0.25) is 4.98 Å². The molecule has 1 aromatic heterocycles. The fraction of sp³-hybridized carbons (Fsp3) is 0.353. The standard InChI is InChI=1S/C17H16F4N2O2S/c1-26(24,25)23-16-4-2-3-11-13(8-22-9-14(11)16)12-6-5-10(7-15(12)18)17(19,20)21/h5-9,16,23H,2-4H2,1H3. The summed E-state index contributed by atoms with van der Waals surface area (Å²) in [5.41, 5.74) is 0.661. The summed E-state index contributed by atoms with van der Waals surface area (Å²) in [4.78, 5) is 4.04. The zero-order valence-corrected chi connectivity index (χ0v) is 14.6. The maximum Gasteiger partial charge on any atom is 0.416 e. The summed E-state index contributed by atoms with van der Waals surface area (Å²) in [6.45, 7) is 0. The van der Waals surface area contributed by atoms with Gasteiger partial charge in [0, 0.05) is 29.6 Å². The summed E-state index contributed by atoms with van der Waals surface area (Å²) < 4.78 is 78.2. The zero-order chi connectivity index (χ0) is 19.1. The first kappa shape index (κ1) is 18.8. The predicted molar refractivity (Wildman–Crippen MR) is 88.3 cm³/mol. The first-order chi connectivity index (χ1) is 12.1. The van der Waals surface area contributed by atoms with Crippen LogP contribution in [-0.2, 0) is 22.6 Å². The van der Waals surface area contributed by atoms with Crippen LogP contribution in [0.3, 0.4) is 0 Å². The van der Waals surface area contributed by atoms with Crippen LogP contribution >= 0.6 is 0 Å². The van der Waals surface area contributed by atoms with Crippen LogP contribution in [0.2, 0.25) is 0 Å². The van der Waals surface area contributed by atoms with Crippen molar-refractivity contribution in [2.24, 2.45) is 0 Å². The van der Waals surface area contributed by atoms with Crippen LogP contribution in [0.25, 0.3) is 11.1 Å². The van der Waals surface area contributed by atoms with E-state index in [2.05, 4.69) is 9.71 Å². The predicted octanol–water partition coefficient (Wildman–Crippen LogP) is 3.83. The number of nitrogens with one attached hydrogen (secondary N) is 1. The van der Waals surface area contributed by atoms with Crippen molar-refractivity contribution in [3.8, 4) is 11.1 Å². The van der Waals surface area contributed by atoms with Gasteiger partial charge in [-0.25, -0.2) is 17.5 Å². The summed E-state index contributed by atoms with van der Waals surface area (Å²) >= 11 is 0. The summed E-state index contributed by atoms with van der Waals surface area (Å²) in [5.74, 6) is -0.992. The number of benzene rings is 1. The van der Waals surface area contributed by atoms with Crippen LogP contribution in [0.15, 0.2) is 30.6 Å². The third kappa shape index (κ3) is 3.88. The topological polar surface area (TPSA) is 59.1 Å². The molecule has 0 saturated heterocycles. The number of sulfonamides is 1. The molecule has 1 unspecified atom stereocenters. The average Bonchev–Trinajstić information content (AvgIpc) is 2.52. The second-order valence-corrected chi connectivity index (χ2v) is 8.06. The molecule has 0 spiro atoms. The number of halogens is 4. The lowest BCUT2D eigenvalue weighted by Gasteiger charge is -2.27.